The largest absolute Gasteiger partial charge is 0.283 e. The summed E-state index contributed by atoms with van der Waals surface area (Å²) in [5, 5.41) is 0.369. The highest BCUT2D eigenvalue weighted by atomic mass is 32.3. The van der Waals surface area contributed by atoms with Gasteiger partial charge in [0.15, 0.2) is 0 Å². The van der Waals surface area contributed by atoms with Crippen molar-refractivity contribution in [3.63, 3.8) is 0 Å². The molecule has 0 aliphatic rings. The molecule has 2 heteroatoms. The number of benzene rings is 1. The van der Waals surface area contributed by atoms with Crippen LogP contribution in [0.25, 0.3) is 0 Å². The van der Waals surface area contributed by atoms with E-state index in [1.54, 1.807) is 0 Å². The molecular weight excluding hydrogens is 300 g/mol. The van der Waals surface area contributed by atoms with Crippen LogP contribution in [0.1, 0.15) is 81.5 Å². The molecule has 0 spiro atoms. The van der Waals surface area contributed by atoms with Crippen LogP contribution in [-0.2, 0) is 0 Å². The van der Waals surface area contributed by atoms with E-state index in [0.29, 0.717) is 5.12 Å². The highest BCUT2D eigenvalue weighted by Gasteiger charge is 2.22. The Hall–Kier alpha value is -0.760. The SMILES string of the molecule is CCCCCCCCCCCCS(C)(C)C(=O)c1ccccc1. The predicted octanol–water partition coefficient (Wildman–Crippen LogP) is 6.81. The van der Waals surface area contributed by atoms with E-state index < -0.39 is 10.0 Å². The van der Waals surface area contributed by atoms with Crippen molar-refractivity contribution in [2.75, 3.05) is 18.3 Å². The summed E-state index contributed by atoms with van der Waals surface area (Å²) >= 11 is 0. The Morgan fingerprint density at radius 3 is 1.78 bits per heavy atom. The second kappa shape index (κ2) is 11.7. The van der Waals surface area contributed by atoms with Crippen molar-refractivity contribution in [1.82, 2.24) is 0 Å². The Morgan fingerprint density at radius 2 is 1.26 bits per heavy atom. The first kappa shape index (κ1) is 20.3. The van der Waals surface area contributed by atoms with E-state index in [4.69, 9.17) is 0 Å². The highest BCUT2D eigenvalue weighted by molar-refractivity contribution is 8.44. The second-order valence-electron chi connectivity index (χ2n) is 7.08. The minimum atomic E-state index is -1.16. The second-order valence-corrected chi connectivity index (χ2v) is 10.9. The first-order valence-corrected chi connectivity index (χ1v) is 12.0. The van der Waals surface area contributed by atoms with Gasteiger partial charge in [-0.15, -0.1) is 0 Å². The first-order valence-electron chi connectivity index (χ1n) is 9.38. The van der Waals surface area contributed by atoms with Crippen LogP contribution in [-0.4, -0.2) is 23.4 Å². The third kappa shape index (κ3) is 8.60. The van der Waals surface area contributed by atoms with Gasteiger partial charge in [0, 0.05) is 5.56 Å². The van der Waals surface area contributed by atoms with Gasteiger partial charge in [0.1, 0.15) is 0 Å². The maximum absolute atomic E-state index is 12.6. The number of carbonyl (C=O) groups is 1. The van der Waals surface area contributed by atoms with Crippen LogP contribution >= 0.6 is 10.0 Å². The number of hydrogen-bond donors (Lipinski definition) is 0. The van der Waals surface area contributed by atoms with Crippen molar-refractivity contribution in [3.05, 3.63) is 35.9 Å². The molecule has 0 bridgehead atoms. The molecule has 0 aliphatic heterocycles. The number of unbranched alkanes of at least 4 members (excludes halogenated alkanes) is 9. The molecule has 1 aromatic carbocycles. The van der Waals surface area contributed by atoms with Crippen LogP contribution < -0.4 is 0 Å². The van der Waals surface area contributed by atoms with E-state index in [1.165, 1.54) is 64.2 Å². The molecule has 0 amide bonds. The van der Waals surface area contributed by atoms with Gasteiger partial charge in [-0.3, -0.25) is 4.79 Å². The van der Waals surface area contributed by atoms with Gasteiger partial charge in [-0.05, 0) is 24.7 Å². The van der Waals surface area contributed by atoms with E-state index in [2.05, 4.69) is 19.4 Å². The third-order valence-electron chi connectivity index (χ3n) is 4.52. The fourth-order valence-corrected chi connectivity index (χ4v) is 4.82. The van der Waals surface area contributed by atoms with Crippen molar-refractivity contribution in [2.24, 2.45) is 0 Å². The molecule has 0 heterocycles. The predicted molar refractivity (Wildman–Crippen MR) is 107 cm³/mol. The van der Waals surface area contributed by atoms with E-state index in [9.17, 15) is 4.79 Å². The minimum absolute atomic E-state index is 0.369. The van der Waals surface area contributed by atoms with E-state index >= 15 is 0 Å². The topological polar surface area (TPSA) is 17.1 Å². The fraction of sp³-hybridized carbons (Fsp3) is 0.667. The third-order valence-corrected chi connectivity index (χ3v) is 7.07. The first-order chi connectivity index (χ1) is 11.1. The molecule has 23 heavy (non-hydrogen) atoms. The standard InChI is InChI=1S/C21H36OS/c1-4-5-6-7-8-9-10-11-12-16-19-23(2,3)21(22)20-17-14-13-15-18-20/h13-15,17-18H,4-12,16,19H2,1-3H3. The molecular formula is C21H36OS. The van der Waals surface area contributed by atoms with Crippen LogP contribution in [0.4, 0.5) is 0 Å². The number of carbonyl (C=O) groups excluding carboxylic acids is 1. The summed E-state index contributed by atoms with van der Waals surface area (Å²) in [6.07, 6.45) is 17.9. The zero-order chi connectivity index (χ0) is 17.0. The quantitative estimate of drug-likeness (QED) is 0.383. The van der Waals surface area contributed by atoms with Gasteiger partial charge in [0.25, 0.3) is 0 Å². The maximum atomic E-state index is 12.6. The zero-order valence-electron chi connectivity index (χ0n) is 15.5. The molecule has 0 N–H and O–H groups in total. The van der Waals surface area contributed by atoms with Crippen LogP contribution in [0.15, 0.2) is 30.3 Å². The lowest BCUT2D eigenvalue weighted by Crippen LogP contribution is -2.13. The van der Waals surface area contributed by atoms with Crippen LogP contribution in [0.2, 0.25) is 0 Å². The molecule has 0 atom stereocenters. The van der Waals surface area contributed by atoms with Crippen molar-refractivity contribution in [2.45, 2.75) is 71.1 Å². The molecule has 0 fully saturated rings. The number of hydrogen-bond acceptors (Lipinski definition) is 1. The summed E-state index contributed by atoms with van der Waals surface area (Å²) in [5.41, 5.74) is 0.888. The molecule has 0 radical (unpaired) electrons. The van der Waals surface area contributed by atoms with E-state index in [1.807, 2.05) is 30.3 Å². The van der Waals surface area contributed by atoms with E-state index in [-0.39, 0.29) is 0 Å². The molecule has 0 saturated carbocycles. The van der Waals surface area contributed by atoms with Gasteiger partial charge in [0.05, 0.1) is 0 Å². The van der Waals surface area contributed by atoms with Crippen LogP contribution in [0.3, 0.4) is 0 Å². The molecule has 0 aromatic heterocycles. The molecule has 1 aromatic rings. The van der Waals surface area contributed by atoms with Crippen molar-refractivity contribution in [3.8, 4) is 0 Å². The molecule has 0 aliphatic carbocycles. The summed E-state index contributed by atoms with van der Waals surface area (Å²) in [6.45, 7) is 2.27. The summed E-state index contributed by atoms with van der Waals surface area (Å²) in [6, 6.07) is 9.80. The van der Waals surface area contributed by atoms with Crippen molar-refractivity contribution >= 4 is 15.1 Å². The fourth-order valence-electron chi connectivity index (χ4n) is 2.94. The van der Waals surface area contributed by atoms with Crippen LogP contribution in [0, 0.1) is 0 Å². The smallest absolute Gasteiger partial charge is 0.201 e. The Labute approximate surface area is 145 Å². The average Bonchev–Trinajstić information content (AvgIpc) is 2.56. The van der Waals surface area contributed by atoms with Gasteiger partial charge in [-0.2, -0.15) is 10.0 Å². The zero-order valence-corrected chi connectivity index (χ0v) is 16.3. The van der Waals surface area contributed by atoms with E-state index in [0.717, 1.165) is 11.3 Å². The molecule has 1 rings (SSSR count). The average molecular weight is 337 g/mol. The van der Waals surface area contributed by atoms with Gasteiger partial charge in [-0.25, -0.2) is 0 Å². The van der Waals surface area contributed by atoms with Crippen molar-refractivity contribution in [1.29, 1.82) is 0 Å². The molecule has 0 unspecified atom stereocenters. The summed E-state index contributed by atoms with van der Waals surface area (Å²) in [7, 11) is -1.16. The van der Waals surface area contributed by atoms with Gasteiger partial charge in [-0.1, -0.05) is 95.0 Å². The molecule has 0 saturated heterocycles. The molecule has 132 valence electrons. The van der Waals surface area contributed by atoms with Gasteiger partial charge < -0.3 is 0 Å². The van der Waals surface area contributed by atoms with Crippen molar-refractivity contribution < 1.29 is 4.79 Å². The Morgan fingerprint density at radius 1 is 0.783 bits per heavy atom. The number of rotatable bonds is 12. The minimum Gasteiger partial charge on any atom is -0.283 e. The lowest BCUT2D eigenvalue weighted by molar-refractivity contribution is 0.108. The normalized spacial score (nSPS) is 12.3. The van der Waals surface area contributed by atoms with Gasteiger partial charge in [0.2, 0.25) is 5.12 Å². The maximum Gasteiger partial charge on any atom is 0.201 e. The highest BCUT2D eigenvalue weighted by Crippen LogP contribution is 2.44. The Balaban J connectivity index is 2.11. The summed E-state index contributed by atoms with van der Waals surface area (Å²) < 4.78 is 0. The van der Waals surface area contributed by atoms with Gasteiger partial charge >= 0.3 is 0 Å². The Bertz CT molecular complexity index is 425. The van der Waals surface area contributed by atoms with Crippen LogP contribution in [0.5, 0.6) is 0 Å². The lowest BCUT2D eigenvalue weighted by atomic mass is 10.1. The summed E-state index contributed by atoms with van der Waals surface area (Å²) in [5.74, 6) is 1.08. The Kier molecular flexibility index (Phi) is 10.3. The summed E-state index contributed by atoms with van der Waals surface area (Å²) in [4.78, 5) is 12.6. The monoisotopic (exact) mass is 336 g/mol. The molecule has 1 nitrogen and oxygen atoms in total. The lowest BCUT2D eigenvalue weighted by Gasteiger charge is -2.29.